The molecule has 3 aromatic heterocycles. The summed E-state index contributed by atoms with van der Waals surface area (Å²) in [6, 6.07) is 6.20. The average molecular weight is 497 g/mol. The van der Waals surface area contributed by atoms with Gasteiger partial charge in [-0.2, -0.15) is 0 Å². The van der Waals surface area contributed by atoms with Gasteiger partial charge < -0.3 is 9.88 Å². The van der Waals surface area contributed by atoms with Crippen molar-refractivity contribution in [2.75, 3.05) is 13.1 Å². The molecular weight excluding hydrogens is 468 g/mol. The van der Waals surface area contributed by atoms with E-state index in [4.69, 9.17) is 4.98 Å². The number of aromatic amines is 1. The van der Waals surface area contributed by atoms with E-state index in [1.54, 1.807) is 12.1 Å². The van der Waals surface area contributed by atoms with Gasteiger partial charge in [-0.25, -0.2) is 14.9 Å². The van der Waals surface area contributed by atoms with Crippen LogP contribution < -0.4 is 16.6 Å². The molecule has 0 unspecified atom stereocenters. The first-order valence-electron chi connectivity index (χ1n) is 11.8. The number of aromatic nitrogens is 8. The van der Waals surface area contributed by atoms with Gasteiger partial charge in [-0.1, -0.05) is 26.0 Å². The quantitative estimate of drug-likeness (QED) is 0.162. The molecule has 1 aromatic carbocycles. The SMILES string of the molecule is CCCn1c(=O)c2c(nc(Cc3nnn[nH]3)n2CCNCC)n(CCc2ccc([N+](=O)[O-])cc2)c1=O. The van der Waals surface area contributed by atoms with Crippen LogP contribution in [0.2, 0.25) is 0 Å². The number of likely N-dealkylation sites (N-methyl/N-ethyl adjacent to an activating group) is 1. The molecule has 2 N–H and O–H groups in total. The van der Waals surface area contributed by atoms with E-state index in [0.717, 1.165) is 12.1 Å². The molecule has 0 radical (unpaired) electrons. The fraction of sp³-hybridized carbons (Fsp3) is 0.455. The Hall–Kier alpha value is -4.20. The van der Waals surface area contributed by atoms with Crippen molar-refractivity contribution in [3.05, 3.63) is 72.4 Å². The van der Waals surface area contributed by atoms with Gasteiger partial charge in [-0.05, 0) is 35.4 Å². The maximum absolute atomic E-state index is 13.5. The molecular formula is C22H28N10O4. The number of rotatable bonds is 12. The molecule has 0 bridgehead atoms. The lowest BCUT2D eigenvalue weighted by Crippen LogP contribution is -2.41. The van der Waals surface area contributed by atoms with Crippen LogP contribution in [0.25, 0.3) is 11.2 Å². The lowest BCUT2D eigenvalue weighted by molar-refractivity contribution is -0.384. The second kappa shape index (κ2) is 11.0. The van der Waals surface area contributed by atoms with Gasteiger partial charge >= 0.3 is 5.69 Å². The van der Waals surface area contributed by atoms with Crippen molar-refractivity contribution in [3.8, 4) is 0 Å². The normalized spacial score (nSPS) is 11.4. The van der Waals surface area contributed by atoms with Crippen LogP contribution in [0, 0.1) is 10.1 Å². The number of imidazole rings is 1. The highest BCUT2D eigenvalue weighted by Crippen LogP contribution is 2.16. The van der Waals surface area contributed by atoms with Crippen molar-refractivity contribution in [1.82, 2.24) is 44.6 Å². The Morgan fingerprint density at radius 2 is 1.83 bits per heavy atom. The van der Waals surface area contributed by atoms with Gasteiger partial charge in [0.2, 0.25) is 0 Å². The lowest BCUT2D eigenvalue weighted by atomic mass is 10.1. The predicted octanol–water partition coefficient (Wildman–Crippen LogP) is 0.634. The molecule has 0 aliphatic rings. The van der Waals surface area contributed by atoms with Gasteiger partial charge in [-0.15, -0.1) is 5.10 Å². The molecule has 14 heteroatoms. The topological polar surface area (TPSA) is 171 Å². The Labute approximate surface area is 205 Å². The summed E-state index contributed by atoms with van der Waals surface area (Å²) in [5.41, 5.74) is 0.675. The summed E-state index contributed by atoms with van der Waals surface area (Å²) in [6.45, 7) is 6.30. The third kappa shape index (κ3) is 5.07. The summed E-state index contributed by atoms with van der Waals surface area (Å²) in [5, 5.41) is 28.1. The molecule has 3 heterocycles. The van der Waals surface area contributed by atoms with Crippen LogP contribution in [0.5, 0.6) is 0 Å². The third-order valence-corrected chi connectivity index (χ3v) is 5.89. The molecule has 36 heavy (non-hydrogen) atoms. The summed E-state index contributed by atoms with van der Waals surface area (Å²) in [7, 11) is 0. The number of hydrogen-bond acceptors (Lipinski definition) is 9. The molecule has 4 rings (SSSR count). The molecule has 0 amide bonds. The fourth-order valence-electron chi connectivity index (χ4n) is 4.13. The van der Waals surface area contributed by atoms with Crippen molar-refractivity contribution in [1.29, 1.82) is 0 Å². The number of nitro benzene ring substituents is 1. The van der Waals surface area contributed by atoms with E-state index in [0.29, 0.717) is 48.7 Å². The van der Waals surface area contributed by atoms with E-state index in [-0.39, 0.29) is 30.8 Å². The smallest absolute Gasteiger partial charge is 0.320 e. The van der Waals surface area contributed by atoms with E-state index in [2.05, 4.69) is 25.9 Å². The largest absolute Gasteiger partial charge is 0.332 e. The van der Waals surface area contributed by atoms with Gasteiger partial charge in [0.25, 0.3) is 11.2 Å². The van der Waals surface area contributed by atoms with Gasteiger partial charge in [0, 0.05) is 38.3 Å². The van der Waals surface area contributed by atoms with Gasteiger partial charge in [0.15, 0.2) is 17.0 Å². The van der Waals surface area contributed by atoms with Crippen molar-refractivity contribution < 1.29 is 4.92 Å². The predicted molar refractivity (Wildman–Crippen MR) is 131 cm³/mol. The number of non-ortho nitro benzene ring substituents is 1. The fourth-order valence-corrected chi connectivity index (χ4v) is 4.13. The number of aryl methyl sites for hydroxylation is 2. The van der Waals surface area contributed by atoms with Crippen molar-refractivity contribution in [2.45, 2.75) is 52.7 Å². The number of nitro groups is 1. The molecule has 14 nitrogen and oxygen atoms in total. The highest BCUT2D eigenvalue weighted by Gasteiger charge is 2.22. The maximum Gasteiger partial charge on any atom is 0.332 e. The van der Waals surface area contributed by atoms with Crippen LogP contribution in [0.3, 0.4) is 0 Å². The zero-order valence-electron chi connectivity index (χ0n) is 20.2. The Morgan fingerprint density at radius 3 is 2.47 bits per heavy atom. The minimum absolute atomic E-state index is 0.000724. The molecule has 0 spiro atoms. The van der Waals surface area contributed by atoms with Crippen LogP contribution in [-0.4, -0.2) is 57.3 Å². The van der Waals surface area contributed by atoms with Gasteiger partial charge in [0.05, 0.1) is 11.3 Å². The molecule has 0 atom stereocenters. The van der Waals surface area contributed by atoms with Crippen molar-refractivity contribution in [3.63, 3.8) is 0 Å². The average Bonchev–Trinajstić information content (AvgIpc) is 3.51. The Bertz CT molecular complexity index is 1450. The van der Waals surface area contributed by atoms with Crippen molar-refractivity contribution in [2.24, 2.45) is 0 Å². The first-order valence-corrected chi connectivity index (χ1v) is 11.8. The molecule has 0 saturated carbocycles. The zero-order chi connectivity index (χ0) is 25.7. The standard InChI is InChI=1S/C22H28N10O4/c1-3-11-31-21(33)19-20(24-18(14-17-25-27-28-26-17)29(19)13-10-23-4-2)30(22(31)34)12-9-15-5-7-16(8-6-15)32(35)36/h5-8,23H,3-4,9-14H2,1-2H3,(H,25,26,27,28). The van der Waals surface area contributed by atoms with E-state index in [1.165, 1.54) is 21.3 Å². The molecule has 0 aliphatic heterocycles. The summed E-state index contributed by atoms with van der Waals surface area (Å²) < 4.78 is 4.60. The summed E-state index contributed by atoms with van der Waals surface area (Å²) >= 11 is 0. The maximum atomic E-state index is 13.5. The van der Waals surface area contributed by atoms with Crippen LogP contribution >= 0.6 is 0 Å². The second-order valence-electron chi connectivity index (χ2n) is 8.29. The number of nitrogens with zero attached hydrogens (tertiary/aromatic N) is 8. The van der Waals surface area contributed by atoms with Crippen LogP contribution in [0.4, 0.5) is 5.69 Å². The Morgan fingerprint density at radius 1 is 1.06 bits per heavy atom. The van der Waals surface area contributed by atoms with Crippen LogP contribution in [-0.2, 0) is 32.5 Å². The second-order valence-corrected chi connectivity index (χ2v) is 8.29. The van der Waals surface area contributed by atoms with Crippen molar-refractivity contribution >= 4 is 16.9 Å². The summed E-state index contributed by atoms with van der Waals surface area (Å²) in [6.07, 6.45) is 1.31. The highest BCUT2D eigenvalue weighted by molar-refractivity contribution is 5.71. The Kier molecular flexibility index (Phi) is 7.63. The van der Waals surface area contributed by atoms with E-state index >= 15 is 0 Å². The highest BCUT2D eigenvalue weighted by atomic mass is 16.6. The number of H-pyrrole nitrogens is 1. The first kappa shape index (κ1) is 24.9. The summed E-state index contributed by atoms with van der Waals surface area (Å²) in [5.74, 6) is 1.06. The number of fused-ring (bicyclic) bond motifs is 1. The van der Waals surface area contributed by atoms with Gasteiger partial charge in [0.1, 0.15) is 5.82 Å². The first-order chi connectivity index (χ1) is 17.4. The molecule has 4 aromatic rings. The monoisotopic (exact) mass is 496 g/mol. The Balaban J connectivity index is 1.82. The zero-order valence-corrected chi connectivity index (χ0v) is 20.2. The molecule has 0 fully saturated rings. The van der Waals surface area contributed by atoms with Crippen LogP contribution in [0.15, 0.2) is 33.9 Å². The number of hydrogen-bond donors (Lipinski definition) is 2. The van der Waals surface area contributed by atoms with E-state index in [9.17, 15) is 19.7 Å². The third-order valence-electron chi connectivity index (χ3n) is 5.89. The van der Waals surface area contributed by atoms with E-state index < -0.39 is 10.6 Å². The number of benzene rings is 1. The summed E-state index contributed by atoms with van der Waals surface area (Å²) in [4.78, 5) is 42.1. The van der Waals surface area contributed by atoms with Crippen LogP contribution in [0.1, 0.15) is 37.5 Å². The number of nitrogens with one attached hydrogen (secondary N) is 2. The van der Waals surface area contributed by atoms with E-state index in [1.807, 2.05) is 18.4 Å². The minimum atomic E-state index is -0.454. The molecule has 0 saturated heterocycles. The van der Waals surface area contributed by atoms with Gasteiger partial charge in [-0.3, -0.25) is 24.0 Å². The minimum Gasteiger partial charge on any atom is -0.320 e. The molecule has 0 aliphatic carbocycles. The lowest BCUT2D eigenvalue weighted by Gasteiger charge is -2.13. The molecule has 190 valence electrons. The number of tetrazole rings is 1.